The number of carbonyl (C=O) groups excluding carboxylic acids is 2. The second kappa shape index (κ2) is 13.2. The van der Waals surface area contributed by atoms with Crippen molar-refractivity contribution in [1.82, 2.24) is 0 Å². The molecule has 0 aliphatic heterocycles. The summed E-state index contributed by atoms with van der Waals surface area (Å²) in [4.78, 5) is 23.1. The van der Waals surface area contributed by atoms with Gasteiger partial charge in [-0.15, -0.1) is 9.24 Å². The van der Waals surface area contributed by atoms with Crippen molar-refractivity contribution in [2.24, 2.45) is 0 Å². The van der Waals surface area contributed by atoms with Crippen molar-refractivity contribution in [2.45, 2.75) is 13.8 Å². The predicted octanol–water partition coefficient (Wildman–Crippen LogP) is 6.52. The van der Waals surface area contributed by atoms with Crippen LogP contribution in [0.1, 0.15) is 34.6 Å². The van der Waals surface area contributed by atoms with Gasteiger partial charge in [0.1, 0.15) is 0 Å². The molecule has 4 nitrogen and oxygen atoms in total. The third-order valence-electron chi connectivity index (χ3n) is 4.53. The lowest BCUT2D eigenvalue weighted by atomic mass is 10.0. The zero-order chi connectivity index (χ0) is 23.3. The number of ether oxygens (including phenoxy) is 2. The lowest BCUT2D eigenvalue weighted by molar-refractivity contribution is 0.0479. The fraction of sp³-hybridized carbons (Fsp3) is 0.185. The smallest absolute Gasteiger partial charge is 0.338 e. The zero-order valence-electron chi connectivity index (χ0n) is 18.7. The molecule has 0 aliphatic rings. The zero-order valence-corrected chi connectivity index (χ0v) is 19.9. The quantitative estimate of drug-likeness (QED) is 0.202. The minimum Gasteiger partial charge on any atom is -0.462 e. The second-order valence-electron chi connectivity index (χ2n) is 6.53. The molecule has 4 rings (SSSR count). The average Bonchev–Trinajstić information content (AvgIpc) is 2.84. The molecule has 1 atom stereocenters. The van der Waals surface area contributed by atoms with Gasteiger partial charge in [-0.3, -0.25) is 0 Å². The van der Waals surface area contributed by atoms with E-state index >= 15 is 0 Å². The predicted molar refractivity (Wildman–Crippen MR) is 135 cm³/mol. The van der Waals surface area contributed by atoms with Crippen molar-refractivity contribution in [3.63, 3.8) is 0 Å². The Kier molecular flexibility index (Phi) is 10.4. The SMILES string of the molecule is CCOC(=O)c1ccccc1C(=O)OCC.CP.c1ccc2cc3ccccc3cc2c1. The Balaban J connectivity index is 0.000000211. The van der Waals surface area contributed by atoms with Crippen LogP contribution in [0.3, 0.4) is 0 Å². The van der Waals surface area contributed by atoms with E-state index in [1.165, 1.54) is 21.5 Å². The third-order valence-corrected chi connectivity index (χ3v) is 4.53. The number of esters is 2. The van der Waals surface area contributed by atoms with E-state index in [2.05, 4.69) is 69.9 Å². The summed E-state index contributed by atoms with van der Waals surface area (Å²) in [6.45, 7) is 5.89. The summed E-state index contributed by atoms with van der Waals surface area (Å²) in [7, 11) is 2.42. The summed E-state index contributed by atoms with van der Waals surface area (Å²) in [6, 6.07) is 27.9. The van der Waals surface area contributed by atoms with Crippen LogP contribution >= 0.6 is 9.24 Å². The van der Waals surface area contributed by atoms with Gasteiger partial charge in [-0.1, -0.05) is 67.3 Å². The summed E-state index contributed by atoms with van der Waals surface area (Å²) in [5.74, 6) is -1.02. The Morgan fingerprint density at radius 2 is 0.875 bits per heavy atom. The highest BCUT2D eigenvalue weighted by Crippen LogP contribution is 2.22. The summed E-state index contributed by atoms with van der Waals surface area (Å²) in [5.41, 5.74) is 0.477. The monoisotopic (exact) mass is 448 g/mol. The lowest BCUT2D eigenvalue weighted by Crippen LogP contribution is -2.13. The molecule has 5 heteroatoms. The fourth-order valence-electron chi connectivity index (χ4n) is 3.14. The maximum absolute atomic E-state index is 11.5. The van der Waals surface area contributed by atoms with Crippen LogP contribution in [0.5, 0.6) is 0 Å². The summed E-state index contributed by atoms with van der Waals surface area (Å²) >= 11 is 0. The van der Waals surface area contributed by atoms with Crippen molar-refractivity contribution in [3.8, 4) is 0 Å². The first-order valence-electron chi connectivity index (χ1n) is 10.5. The van der Waals surface area contributed by atoms with Crippen molar-refractivity contribution in [2.75, 3.05) is 19.9 Å². The van der Waals surface area contributed by atoms with E-state index in [1.54, 1.807) is 38.1 Å². The highest BCUT2D eigenvalue weighted by atomic mass is 31.0. The third kappa shape index (κ3) is 6.63. The van der Waals surface area contributed by atoms with Crippen molar-refractivity contribution in [1.29, 1.82) is 0 Å². The molecule has 4 aromatic carbocycles. The first-order chi connectivity index (χ1) is 15.6. The minimum absolute atomic E-state index is 0.239. The van der Waals surface area contributed by atoms with Crippen LogP contribution in [0.25, 0.3) is 21.5 Å². The Morgan fingerprint density at radius 3 is 1.16 bits per heavy atom. The van der Waals surface area contributed by atoms with Crippen LogP contribution in [0.2, 0.25) is 0 Å². The normalized spacial score (nSPS) is 9.75. The molecule has 0 saturated heterocycles. The van der Waals surface area contributed by atoms with Crippen LogP contribution in [0.15, 0.2) is 84.9 Å². The van der Waals surface area contributed by atoms with Crippen molar-refractivity contribution < 1.29 is 19.1 Å². The number of benzene rings is 4. The molecule has 0 aromatic heterocycles. The molecule has 0 bridgehead atoms. The van der Waals surface area contributed by atoms with E-state index in [4.69, 9.17) is 9.47 Å². The fourth-order valence-corrected chi connectivity index (χ4v) is 3.14. The molecule has 1 unspecified atom stereocenters. The van der Waals surface area contributed by atoms with E-state index in [0.717, 1.165) is 0 Å². The molecule has 0 amide bonds. The molecule has 0 fully saturated rings. The van der Waals surface area contributed by atoms with E-state index in [9.17, 15) is 9.59 Å². The maximum Gasteiger partial charge on any atom is 0.338 e. The Morgan fingerprint density at radius 1 is 0.594 bits per heavy atom. The van der Waals surface area contributed by atoms with Gasteiger partial charge in [0.25, 0.3) is 0 Å². The molecule has 0 aliphatic carbocycles. The topological polar surface area (TPSA) is 52.6 Å². The summed E-state index contributed by atoms with van der Waals surface area (Å²) < 4.78 is 9.70. The number of rotatable bonds is 4. The van der Waals surface area contributed by atoms with Crippen LogP contribution in [-0.4, -0.2) is 31.8 Å². The first-order valence-corrected chi connectivity index (χ1v) is 11.7. The van der Waals surface area contributed by atoms with Gasteiger partial charge in [0.15, 0.2) is 0 Å². The Labute approximate surface area is 191 Å². The van der Waals surface area contributed by atoms with E-state index in [1.807, 2.05) is 6.66 Å². The van der Waals surface area contributed by atoms with Gasteiger partial charge in [0.2, 0.25) is 0 Å². The molecule has 32 heavy (non-hydrogen) atoms. The van der Waals surface area contributed by atoms with Gasteiger partial charge in [-0.2, -0.15) is 0 Å². The molecule has 0 spiro atoms. The largest absolute Gasteiger partial charge is 0.462 e. The molecule has 0 saturated carbocycles. The van der Waals surface area contributed by atoms with Crippen LogP contribution < -0.4 is 0 Å². The molecule has 0 N–H and O–H groups in total. The van der Waals surface area contributed by atoms with Gasteiger partial charge in [0, 0.05) is 0 Å². The van der Waals surface area contributed by atoms with Crippen LogP contribution in [0, 0.1) is 0 Å². The van der Waals surface area contributed by atoms with E-state index in [0.29, 0.717) is 0 Å². The Bertz CT molecular complexity index is 1030. The lowest BCUT2D eigenvalue weighted by Gasteiger charge is -2.07. The number of hydrogen-bond acceptors (Lipinski definition) is 4. The van der Waals surface area contributed by atoms with Gasteiger partial charge in [-0.25, -0.2) is 9.59 Å². The first kappa shape index (κ1) is 25.0. The van der Waals surface area contributed by atoms with Crippen LogP contribution in [-0.2, 0) is 9.47 Å². The molecule has 166 valence electrons. The standard InChI is InChI=1S/C14H10.C12H14O4.CH5P/c1-2-6-12-10-14-8-4-3-7-13(14)9-11(12)5-1;1-3-15-11(13)9-7-5-6-8-10(9)12(14)16-4-2;1-2/h1-10H;5-8H,3-4H2,1-2H3;2H2,1H3. The number of fused-ring (bicyclic) bond motifs is 2. The molecular formula is C27H29O4P. The van der Waals surface area contributed by atoms with Gasteiger partial charge >= 0.3 is 11.9 Å². The molecular weight excluding hydrogens is 419 g/mol. The Hall–Kier alpha value is -3.23. The summed E-state index contributed by atoms with van der Waals surface area (Å²) in [6.07, 6.45) is 0. The molecule has 4 aromatic rings. The highest BCUT2D eigenvalue weighted by Gasteiger charge is 2.17. The van der Waals surface area contributed by atoms with Gasteiger partial charge in [-0.05, 0) is 59.7 Å². The van der Waals surface area contributed by atoms with Crippen molar-refractivity contribution in [3.05, 3.63) is 96.1 Å². The highest BCUT2D eigenvalue weighted by molar-refractivity contribution is 7.15. The summed E-state index contributed by atoms with van der Waals surface area (Å²) in [5, 5.41) is 5.25. The average molecular weight is 448 g/mol. The molecule has 0 radical (unpaired) electrons. The van der Waals surface area contributed by atoms with E-state index in [-0.39, 0.29) is 24.3 Å². The molecule has 0 heterocycles. The minimum atomic E-state index is -0.508. The van der Waals surface area contributed by atoms with Crippen LogP contribution in [0.4, 0.5) is 0 Å². The number of hydrogen-bond donors (Lipinski definition) is 0. The van der Waals surface area contributed by atoms with Gasteiger partial charge in [0.05, 0.1) is 24.3 Å². The van der Waals surface area contributed by atoms with Gasteiger partial charge < -0.3 is 9.47 Å². The number of carbonyl (C=O) groups is 2. The second-order valence-corrected chi connectivity index (χ2v) is 6.53. The van der Waals surface area contributed by atoms with E-state index < -0.39 is 11.9 Å². The maximum atomic E-state index is 11.5. The van der Waals surface area contributed by atoms with Crippen molar-refractivity contribution >= 4 is 42.7 Å².